The Kier molecular flexibility index (Phi) is 7.22. The van der Waals surface area contributed by atoms with Crippen LogP contribution in [0.5, 0.6) is 5.75 Å². The summed E-state index contributed by atoms with van der Waals surface area (Å²) in [4.78, 5) is 11.5. The van der Waals surface area contributed by atoms with Gasteiger partial charge in [-0.3, -0.25) is 4.21 Å². The third kappa shape index (κ3) is 4.28. The Bertz CT molecular complexity index is 540. The van der Waals surface area contributed by atoms with Crippen molar-refractivity contribution in [2.24, 2.45) is 0 Å². The van der Waals surface area contributed by atoms with Gasteiger partial charge in [-0.2, -0.15) is 0 Å². The van der Waals surface area contributed by atoms with Crippen molar-refractivity contribution in [1.82, 2.24) is 0 Å². The van der Waals surface area contributed by atoms with Gasteiger partial charge in [0.1, 0.15) is 11.3 Å². The lowest BCUT2D eigenvalue weighted by atomic mass is 10.2. The molecule has 0 fully saturated rings. The van der Waals surface area contributed by atoms with Gasteiger partial charge in [0.2, 0.25) is 0 Å². The molecule has 0 aliphatic carbocycles. The van der Waals surface area contributed by atoms with E-state index in [1.54, 1.807) is 23.8 Å². The fourth-order valence-electron chi connectivity index (χ4n) is 1.62. The Hall–Kier alpha value is -1.49. The Balaban J connectivity index is 0.00000154. The number of methoxy groups -OCH3 is 1. The summed E-state index contributed by atoms with van der Waals surface area (Å²) in [6.45, 7) is 5.89. The fourth-order valence-corrected chi connectivity index (χ4v) is 3.35. The van der Waals surface area contributed by atoms with Crippen LogP contribution in [0, 0.1) is 0 Å². The van der Waals surface area contributed by atoms with Gasteiger partial charge < -0.3 is 9.84 Å². The van der Waals surface area contributed by atoms with Crippen molar-refractivity contribution in [3.05, 3.63) is 23.8 Å². The molecule has 0 bridgehead atoms. The highest BCUT2D eigenvalue weighted by Gasteiger charge is 2.18. The first kappa shape index (κ1) is 17.5. The van der Waals surface area contributed by atoms with Crippen molar-refractivity contribution in [3.8, 4) is 5.75 Å². The summed E-state index contributed by atoms with van der Waals surface area (Å²) < 4.78 is 17.5. The van der Waals surface area contributed by atoms with Gasteiger partial charge in [0.25, 0.3) is 0 Å². The maximum absolute atomic E-state index is 12.4. The van der Waals surface area contributed by atoms with E-state index < -0.39 is 15.5 Å². The summed E-state index contributed by atoms with van der Waals surface area (Å²) in [6, 6.07) is 4.65. The second-order valence-electron chi connectivity index (χ2n) is 3.62. The number of carboxylic acid groups (broad SMARTS) is 1. The number of rotatable bonds is 4. The number of hydrogen-bond acceptors (Lipinski definition) is 3. The van der Waals surface area contributed by atoms with Gasteiger partial charge in [0.15, 0.2) is 0 Å². The van der Waals surface area contributed by atoms with E-state index in [0.29, 0.717) is 11.3 Å². The van der Waals surface area contributed by atoms with Crippen LogP contribution >= 0.6 is 0 Å². The Labute approximate surface area is 115 Å². The maximum atomic E-state index is 12.4. The first-order chi connectivity index (χ1) is 8.94. The lowest BCUT2D eigenvalue weighted by Crippen LogP contribution is -2.08. The molecule has 4 nitrogen and oxygen atoms in total. The van der Waals surface area contributed by atoms with Crippen molar-refractivity contribution >= 4 is 20.9 Å². The molecule has 1 unspecified atom stereocenters. The summed E-state index contributed by atoms with van der Waals surface area (Å²) >= 11 is 0. The Morgan fingerprint density at radius 1 is 1.42 bits per heavy atom. The second-order valence-corrected chi connectivity index (χ2v) is 6.20. The van der Waals surface area contributed by atoms with Crippen LogP contribution in [0.3, 0.4) is 0 Å². The van der Waals surface area contributed by atoms with Crippen LogP contribution in [0.25, 0.3) is 0 Å². The van der Waals surface area contributed by atoms with Crippen LogP contribution in [-0.2, 0) is 9.52 Å². The number of benzene rings is 1. The quantitative estimate of drug-likeness (QED) is 0.864. The lowest BCUT2D eigenvalue weighted by Gasteiger charge is -2.13. The molecule has 0 aliphatic heterocycles. The molecule has 1 aromatic carbocycles. The molecule has 19 heavy (non-hydrogen) atoms. The second kappa shape index (κ2) is 7.84. The van der Waals surface area contributed by atoms with E-state index in [1.807, 2.05) is 20.8 Å². The highest BCUT2D eigenvalue weighted by atomic mass is 32.2. The van der Waals surface area contributed by atoms with Crippen LogP contribution in [-0.4, -0.2) is 34.0 Å². The van der Waals surface area contributed by atoms with Gasteiger partial charge >= 0.3 is 5.97 Å². The summed E-state index contributed by atoms with van der Waals surface area (Å²) in [5.41, 5.74) is 0.0316. The van der Waals surface area contributed by atoms with Gasteiger partial charge in [0, 0.05) is 6.26 Å². The van der Waals surface area contributed by atoms with Crippen molar-refractivity contribution in [2.45, 2.75) is 32.1 Å². The van der Waals surface area contributed by atoms with Crippen LogP contribution in [0.15, 0.2) is 23.1 Å². The average molecular weight is 286 g/mol. The molecular weight excluding hydrogens is 264 g/mol. The molecule has 1 rings (SSSR count). The minimum atomic E-state index is -2.37. The van der Waals surface area contributed by atoms with E-state index in [4.69, 9.17) is 9.84 Å². The largest absolute Gasteiger partial charge is 0.495 e. The van der Waals surface area contributed by atoms with Gasteiger partial charge in [-0.25, -0.2) is 4.79 Å². The summed E-state index contributed by atoms with van der Waals surface area (Å²) in [7, 11) is -0.991. The van der Waals surface area contributed by atoms with Gasteiger partial charge in [-0.1, -0.05) is 26.8 Å². The van der Waals surface area contributed by atoms with Crippen LogP contribution in [0.4, 0.5) is 0 Å². The smallest absolute Gasteiger partial charge is 0.339 e. The number of ether oxygens (including phenoxy) is 1. The Morgan fingerprint density at radius 2 is 2.00 bits per heavy atom. The van der Waals surface area contributed by atoms with Crippen LogP contribution in [0.1, 0.15) is 37.6 Å². The molecule has 1 aromatic rings. The molecule has 1 atom stereocenters. The summed E-state index contributed by atoms with van der Waals surface area (Å²) in [6.07, 6.45) is 2.23. The first-order valence-corrected chi connectivity index (χ1v) is 8.19. The molecule has 108 valence electrons. The van der Waals surface area contributed by atoms with Crippen molar-refractivity contribution in [3.63, 3.8) is 0 Å². The minimum Gasteiger partial charge on any atom is -0.495 e. The van der Waals surface area contributed by atoms with Crippen molar-refractivity contribution < 1.29 is 18.8 Å². The maximum Gasteiger partial charge on any atom is 0.339 e. The summed E-state index contributed by atoms with van der Waals surface area (Å²) in [5, 5.41) is 10.7. The third-order valence-corrected chi connectivity index (χ3v) is 4.50. The predicted molar refractivity (Wildman–Crippen MR) is 80.0 cm³/mol. The van der Waals surface area contributed by atoms with Crippen LogP contribution in [0.2, 0.25) is 0 Å². The number of hydrogen-bond donors (Lipinski definition) is 1. The molecule has 5 heteroatoms. The van der Waals surface area contributed by atoms with E-state index in [9.17, 15) is 9.00 Å². The number of carboxylic acids is 1. The van der Waals surface area contributed by atoms with Crippen LogP contribution < -0.4 is 4.74 Å². The zero-order valence-corrected chi connectivity index (χ0v) is 12.9. The highest BCUT2D eigenvalue weighted by Crippen LogP contribution is 2.28. The zero-order chi connectivity index (χ0) is 15.1. The normalized spacial score (nSPS) is 12.7. The molecule has 0 saturated heterocycles. The molecule has 0 heterocycles. The molecule has 0 saturated carbocycles. The standard InChI is InChI=1S/C12H16O4S.C2H6/c1-4-8-17(3,15)10-7-5-6-9(12(13)14)11(10)16-2;1-2/h5-8H,4H2,1-3H3,(H,13,14);1-2H3. The Morgan fingerprint density at radius 3 is 2.42 bits per heavy atom. The first-order valence-electron chi connectivity index (χ1n) is 6.16. The molecular formula is C14H22O4S. The minimum absolute atomic E-state index is 0.0316. The highest BCUT2D eigenvalue weighted by molar-refractivity contribution is 8.00. The third-order valence-electron chi connectivity index (χ3n) is 2.33. The molecule has 0 aromatic heterocycles. The van der Waals surface area contributed by atoms with E-state index in [1.165, 1.54) is 13.2 Å². The van der Waals surface area contributed by atoms with E-state index in [2.05, 4.69) is 0 Å². The van der Waals surface area contributed by atoms with Gasteiger partial charge in [-0.15, -0.1) is 0 Å². The molecule has 0 radical (unpaired) electrons. The monoisotopic (exact) mass is 286 g/mol. The molecule has 0 spiro atoms. The number of carbonyl (C=O) groups is 1. The SMILES string of the molecule is CC.CCC=S(C)(=O)c1cccc(C(=O)O)c1OC. The predicted octanol–water partition coefficient (Wildman–Crippen LogP) is 2.90. The molecule has 0 amide bonds. The zero-order valence-electron chi connectivity index (χ0n) is 12.1. The van der Waals surface area contributed by atoms with E-state index in [-0.39, 0.29) is 11.3 Å². The fraction of sp³-hybridized carbons (Fsp3) is 0.429. The van der Waals surface area contributed by atoms with Crippen molar-refractivity contribution in [2.75, 3.05) is 13.4 Å². The van der Waals surface area contributed by atoms with Crippen molar-refractivity contribution in [1.29, 1.82) is 0 Å². The average Bonchev–Trinajstić information content (AvgIpc) is 2.39. The molecule has 0 aliphatic rings. The molecule has 1 N–H and O–H groups in total. The lowest BCUT2D eigenvalue weighted by molar-refractivity contribution is 0.0693. The summed E-state index contributed by atoms with van der Waals surface area (Å²) in [5.74, 6) is -0.910. The number of aromatic carboxylic acids is 1. The van der Waals surface area contributed by atoms with E-state index in [0.717, 1.165) is 0 Å². The van der Waals surface area contributed by atoms with Gasteiger partial charge in [-0.05, 0) is 33.4 Å². The van der Waals surface area contributed by atoms with E-state index >= 15 is 0 Å². The number of para-hydroxylation sites is 1. The topological polar surface area (TPSA) is 63.6 Å². The van der Waals surface area contributed by atoms with Gasteiger partial charge in [0.05, 0.1) is 12.0 Å².